The monoisotopic (exact) mass is 371 g/mol. The van der Waals surface area contributed by atoms with Gasteiger partial charge in [0, 0.05) is 44.6 Å². The molecule has 0 aromatic carbocycles. The van der Waals surface area contributed by atoms with Gasteiger partial charge in [0.15, 0.2) is 0 Å². The summed E-state index contributed by atoms with van der Waals surface area (Å²) < 4.78 is 13.7. The molecule has 2 atom stereocenters. The third-order valence-electron chi connectivity index (χ3n) is 5.47. The minimum Gasteiger partial charge on any atom is -0.377 e. The lowest BCUT2D eigenvalue weighted by atomic mass is 9.73. The van der Waals surface area contributed by atoms with E-state index in [0.717, 1.165) is 31.4 Å². The third kappa shape index (κ3) is 3.86. The zero-order chi connectivity index (χ0) is 18.7. The fourth-order valence-electron chi connectivity index (χ4n) is 4.10. The minimum absolute atomic E-state index is 0.117. The van der Waals surface area contributed by atoms with Crippen molar-refractivity contribution >= 4 is 5.91 Å². The average molecular weight is 371 g/mol. The molecule has 0 N–H and O–H groups in total. The molecule has 8 heteroatoms. The average Bonchev–Trinajstić information content (AvgIpc) is 3.14. The van der Waals surface area contributed by atoms with Crippen molar-refractivity contribution in [2.24, 2.45) is 12.5 Å². The summed E-state index contributed by atoms with van der Waals surface area (Å²) >= 11 is 0. The van der Waals surface area contributed by atoms with Gasteiger partial charge in [-0.1, -0.05) is 0 Å². The highest BCUT2D eigenvalue weighted by Gasteiger charge is 2.47. The molecule has 4 rings (SSSR count). The van der Waals surface area contributed by atoms with E-state index in [-0.39, 0.29) is 23.3 Å². The Kier molecular flexibility index (Phi) is 5.18. The summed E-state index contributed by atoms with van der Waals surface area (Å²) in [5.74, 6) is 0.133. The van der Waals surface area contributed by atoms with Crippen LogP contribution in [-0.4, -0.2) is 63.0 Å². The van der Waals surface area contributed by atoms with Gasteiger partial charge in [0.25, 0.3) is 5.91 Å². The zero-order valence-electron chi connectivity index (χ0n) is 15.6. The van der Waals surface area contributed by atoms with E-state index < -0.39 is 0 Å². The van der Waals surface area contributed by atoms with E-state index in [1.807, 2.05) is 17.0 Å². The number of likely N-dealkylation sites (tertiary alicyclic amines) is 1. The number of fused-ring (bicyclic) bond motifs is 1. The van der Waals surface area contributed by atoms with E-state index in [4.69, 9.17) is 9.47 Å². The lowest BCUT2D eigenvalue weighted by molar-refractivity contribution is -0.149. The fourth-order valence-corrected chi connectivity index (χ4v) is 4.10. The van der Waals surface area contributed by atoms with Crippen LogP contribution in [0.3, 0.4) is 0 Å². The number of carbonyl (C=O) groups is 1. The van der Waals surface area contributed by atoms with E-state index >= 15 is 0 Å². The van der Waals surface area contributed by atoms with Crippen LogP contribution in [0.15, 0.2) is 30.9 Å². The van der Waals surface area contributed by atoms with Crippen molar-refractivity contribution in [3.63, 3.8) is 0 Å². The predicted octanol–water partition coefficient (Wildman–Crippen LogP) is 1.44. The Bertz CT molecular complexity index is 781. The molecule has 2 saturated heterocycles. The highest BCUT2D eigenvalue weighted by Crippen LogP contribution is 2.40. The molecule has 0 unspecified atom stereocenters. The Morgan fingerprint density at radius 1 is 1.41 bits per heavy atom. The van der Waals surface area contributed by atoms with Gasteiger partial charge in [0.2, 0.25) is 5.82 Å². The van der Waals surface area contributed by atoms with Crippen molar-refractivity contribution in [1.82, 2.24) is 24.6 Å². The number of piperidine rings is 1. The van der Waals surface area contributed by atoms with Gasteiger partial charge >= 0.3 is 0 Å². The number of pyridine rings is 1. The van der Waals surface area contributed by atoms with Gasteiger partial charge in [-0.05, 0) is 37.0 Å². The standard InChI is InChI=1S/C19H25N5O3/c1-23-14-21-17(22-23)18(25)24-9-5-16-19(12-24,6-2-10-27-16)13-26-11-15-3-7-20-8-4-15/h3-4,7-8,14,16H,2,5-6,9-13H2,1H3/t16-,19+/m1/s1. The van der Waals surface area contributed by atoms with Gasteiger partial charge in [-0.25, -0.2) is 4.98 Å². The van der Waals surface area contributed by atoms with Crippen LogP contribution in [0, 0.1) is 5.41 Å². The third-order valence-corrected chi connectivity index (χ3v) is 5.47. The maximum absolute atomic E-state index is 12.8. The summed E-state index contributed by atoms with van der Waals surface area (Å²) in [4.78, 5) is 22.8. The van der Waals surface area contributed by atoms with Crippen molar-refractivity contribution < 1.29 is 14.3 Å². The smallest absolute Gasteiger partial charge is 0.293 e. The molecular formula is C19H25N5O3. The normalized spacial score (nSPS) is 25.2. The van der Waals surface area contributed by atoms with Crippen molar-refractivity contribution in [1.29, 1.82) is 0 Å². The van der Waals surface area contributed by atoms with E-state index in [9.17, 15) is 4.79 Å². The van der Waals surface area contributed by atoms with E-state index in [1.54, 1.807) is 30.5 Å². The molecular weight excluding hydrogens is 346 g/mol. The zero-order valence-corrected chi connectivity index (χ0v) is 15.6. The van der Waals surface area contributed by atoms with Crippen molar-refractivity contribution in [3.05, 3.63) is 42.2 Å². The Morgan fingerprint density at radius 3 is 3.04 bits per heavy atom. The maximum atomic E-state index is 12.8. The van der Waals surface area contributed by atoms with Gasteiger partial charge in [-0.2, -0.15) is 0 Å². The van der Waals surface area contributed by atoms with Crippen LogP contribution < -0.4 is 0 Å². The van der Waals surface area contributed by atoms with Crippen molar-refractivity contribution in [2.45, 2.75) is 32.0 Å². The van der Waals surface area contributed by atoms with Crippen LogP contribution in [0.4, 0.5) is 0 Å². The molecule has 2 aromatic heterocycles. The van der Waals surface area contributed by atoms with Crippen molar-refractivity contribution in [3.8, 4) is 0 Å². The van der Waals surface area contributed by atoms with Crippen LogP contribution in [0.2, 0.25) is 0 Å². The first kappa shape index (κ1) is 18.1. The molecule has 0 bridgehead atoms. The molecule has 1 amide bonds. The van der Waals surface area contributed by atoms with Gasteiger partial charge in [-0.3, -0.25) is 14.5 Å². The highest BCUT2D eigenvalue weighted by atomic mass is 16.5. The van der Waals surface area contributed by atoms with Crippen LogP contribution in [0.25, 0.3) is 0 Å². The molecule has 8 nitrogen and oxygen atoms in total. The number of ether oxygens (including phenoxy) is 2. The first-order valence-corrected chi connectivity index (χ1v) is 9.39. The largest absolute Gasteiger partial charge is 0.377 e. The summed E-state index contributed by atoms with van der Waals surface area (Å²) in [6.45, 7) is 3.16. The Labute approximate surface area is 158 Å². The first-order valence-electron chi connectivity index (χ1n) is 9.39. The molecule has 2 aliphatic rings. The molecule has 2 fully saturated rings. The van der Waals surface area contributed by atoms with Crippen LogP contribution in [0.1, 0.15) is 35.4 Å². The van der Waals surface area contributed by atoms with E-state index in [2.05, 4.69) is 15.1 Å². The lowest BCUT2D eigenvalue weighted by Gasteiger charge is -2.50. The van der Waals surface area contributed by atoms with Gasteiger partial charge in [0.1, 0.15) is 6.33 Å². The summed E-state index contributed by atoms with van der Waals surface area (Å²) in [5, 5.41) is 4.16. The second-order valence-corrected chi connectivity index (χ2v) is 7.43. The summed E-state index contributed by atoms with van der Waals surface area (Å²) in [6.07, 6.45) is 8.01. The lowest BCUT2D eigenvalue weighted by Crippen LogP contribution is -2.58. The number of aromatic nitrogens is 4. The quantitative estimate of drug-likeness (QED) is 0.791. The van der Waals surface area contributed by atoms with Crippen LogP contribution in [-0.2, 0) is 23.1 Å². The Balaban J connectivity index is 1.45. The number of carbonyl (C=O) groups excluding carboxylic acids is 1. The summed E-state index contributed by atoms with van der Waals surface area (Å²) in [5.41, 5.74) is 0.921. The summed E-state index contributed by atoms with van der Waals surface area (Å²) in [7, 11) is 1.76. The molecule has 27 heavy (non-hydrogen) atoms. The SMILES string of the molecule is Cn1cnc(C(=O)N2CC[C@H]3OCCC[C@@]3(COCc3ccncc3)C2)n1. The first-order chi connectivity index (χ1) is 13.2. The fraction of sp³-hybridized carbons (Fsp3) is 0.579. The molecule has 0 saturated carbocycles. The Hall–Kier alpha value is -2.32. The Morgan fingerprint density at radius 2 is 2.26 bits per heavy atom. The number of hydrogen-bond donors (Lipinski definition) is 0. The number of amides is 1. The van der Waals surface area contributed by atoms with Crippen LogP contribution in [0.5, 0.6) is 0 Å². The highest BCUT2D eigenvalue weighted by molar-refractivity contribution is 5.90. The summed E-state index contributed by atoms with van der Waals surface area (Å²) in [6, 6.07) is 3.91. The maximum Gasteiger partial charge on any atom is 0.293 e. The number of aryl methyl sites for hydroxylation is 1. The second kappa shape index (κ2) is 7.74. The molecule has 2 aromatic rings. The van der Waals surface area contributed by atoms with Crippen LogP contribution >= 0.6 is 0 Å². The second-order valence-electron chi connectivity index (χ2n) is 7.43. The molecule has 144 valence electrons. The topological polar surface area (TPSA) is 82.4 Å². The number of nitrogens with zero attached hydrogens (tertiary/aromatic N) is 5. The van der Waals surface area contributed by atoms with Crippen molar-refractivity contribution in [2.75, 3.05) is 26.3 Å². The minimum atomic E-state index is -0.173. The molecule has 0 aliphatic carbocycles. The molecule has 4 heterocycles. The molecule has 0 spiro atoms. The predicted molar refractivity (Wildman–Crippen MR) is 96.8 cm³/mol. The van der Waals surface area contributed by atoms with Gasteiger partial charge < -0.3 is 14.4 Å². The van der Waals surface area contributed by atoms with E-state index in [0.29, 0.717) is 26.3 Å². The van der Waals surface area contributed by atoms with Gasteiger partial charge in [0.05, 0.1) is 19.3 Å². The molecule has 0 radical (unpaired) electrons. The number of hydrogen-bond acceptors (Lipinski definition) is 6. The van der Waals surface area contributed by atoms with Gasteiger partial charge in [-0.15, -0.1) is 5.10 Å². The van der Waals surface area contributed by atoms with E-state index in [1.165, 1.54) is 0 Å². The number of rotatable bonds is 5. The molecule has 2 aliphatic heterocycles.